The highest BCUT2D eigenvalue weighted by molar-refractivity contribution is 6.71. The second kappa shape index (κ2) is 5.32. The predicted octanol–water partition coefficient (Wildman–Crippen LogP) is -1.76. The second-order valence-corrected chi connectivity index (χ2v) is 9.81. The lowest BCUT2D eigenvalue weighted by Crippen LogP contribution is -2.75. The van der Waals surface area contributed by atoms with E-state index in [-0.39, 0.29) is 68.6 Å². The minimum Gasteiger partial charge on any atom is -0.423 e. The zero-order valence-corrected chi connectivity index (χ0v) is 16.1. The van der Waals surface area contributed by atoms with E-state index in [1.807, 2.05) is 0 Å². The molecule has 9 aliphatic heterocycles. The van der Waals surface area contributed by atoms with E-state index in [4.69, 9.17) is 37.7 Å². The highest BCUT2D eigenvalue weighted by Gasteiger charge is 2.74. The van der Waals surface area contributed by atoms with Crippen LogP contribution in [-0.4, -0.2) is 88.3 Å². The van der Waals surface area contributed by atoms with Crippen molar-refractivity contribution in [3.05, 3.63) is 24.3 Å². The Hall–Kier alpha value is -0.970. The molecular weight excluding hydrogens is 390 g/mol. The molecule has 9 fully saturated rings. The van der Waals surface area contributed by atoms with Gasteiger partial charge >= 0.3 is 13.8 Å². The standard InChI is InChI=1S/C20H20B2O8/c1-3-9(22-18-13-15(30-22)10-6-25-20(13,28-18)7-24-10)4-2-8(1)21-17-12-14(29-21)11-5-23-19(26-11)16(12)27-17/h1-4,10-19H,5-7H2/t10-,11-,12+,13-,14-,15-,16-,17?,18?,19-,20-/m1/s1. The van der Waals surface area contributed by atoms with E-state index in [1.165, 1.54) is 0 Å². The summed E-state index contributed by atoms with van der Waals surface area (Å²) >= 11 is 0. The van der Waals surface area contributed by atoms with Gasteiger partial charge in [0.05, 0.1) is 43.3 Å². The quantitative estimate of drug-likeness (QED) is 0.532. The first-order valence-corrected chi connectivity index (χ1v) is 11.1. The van der Waals surface area contributed by atoms with Crippen LogP contribution in [0.5, 0.6) is 0 Å². The molecule has 2 unspecified atom stereocenters. The maximum Gasteiger partial charge on any atom is 0.357 e. The van der Waals surface area contributed by atoms with Gasteiger partial charge in [-0.25, -0.2) is 0 Å². The van der Waals surface area contributed by atoms with Crippen LogP contribution in [0.3, 0.4) is 0 Å². The summed E-state index contributed by atoms with van der Waals surface area (Å²) in [5.41, 5.74) is 2.27. The molecule has 1 spiro atoms. The van der Waals surface area contributed by atoms with Gasteiger partial charge in [0.1, 0.15) is 24.9 Å². The van der Waals surface area contributed by atoms with Gasteiger partial charge in [-0.05, 0) is 10.9 Å². The van der Waals surface area contributed by atoms with Crippen molar-refractivity contribution in [2.45, 2.75) is 54.6 Å². The molecule has 0 aliphatic carbocycles. The van der Waals surface area contributed by atoms with Crippen molar-refractivity contribution in [2.24, 2.45) is 11.8 Å². The van der Waals surface area contributed by atoms with Gasteiger partial charge in [0.25, 0.3) is 0 Å². The summed E-state index contributed by atoms with van der Waals surface area (Å²) in [7, 11) is 0. The van der Waals surface area contributed by atoms with Gasteiger partial charge in [-0.3, -0.25) is 0 Å². The van der Waals surface area contributed by atoms with Crippen molar-refractivity contribution < 1.29 is 37.7 Å². The Morgan fingerprint density at radius 1 is 0.800 bits per heavy atom. The molecule has 11 atom stereocenters. The molecule has 30 heavy (non-hydrogen) atoms. The number of hydrogen-bond donors (Lipinski definition) is 0. The molecule has 1 aromatic rings. The van der Waals surface area contributed by atoms with E-state index in [1.54, 1.807) is 0 Å². The maximum atomic E-state index is 6.42. The summed E-state index contributed by atoms with van der Waals surface area (Å²) in [4.78, 5) is 0. The first-order valence-electron chi connectivity index (χ1n) is 11.1. The van der Waals surface area contributed by atoms with Gasteiger partial charge in [-0.15, -0.1) is 0 Å². The largest absolute Gasteiger partial charge is 0.423 e. The Bertz CT molecular complexity index is 922. The van der Waals surface area contributed by atoms with Crippen LogP contribution in [0.25, 0.3) is 0 Å². The Morgan fingerprint density at radius 3 is 2.37 bits per heavy atom. The summed E-state index contributed by atoms with van der Waals surface area (Å²) in [5.74, 6) is 0.0712. The molecule has 0 aromatic heterocycles. The average Bonchev–Trinajstić information content (AvgIpc) is 3.43. The SMILES string of the molecule is c1cc(B2O[C@@H]3[C@H]4CO[C@]5(CO4)OC2[C@@H]35)ccc1B1O[C@H]2[C@@H]3C1O[C@H]3[C@@H]1OC[C@H]2O1. The minimum atomic E-state index is -0.573. The number of fused-ring (bicyclic) bond motifs is 6. The molecule has 10 rings (SSSR count). The zero-order chi connectivity index (χ0) is 19.2. The maximum absolute atomic E-state index is 6.42. The van der Waals surface area contributed by atoms with Crippen molar-refractivity contribution in [3.63, 3.8) is 0 Å². The summed E-state index contributed by atoms with van der Waals surface area (Å²) in [5, 5.41) is 0. The number of ether oxygens (including phenoxy) is 6. The average molecular weight is 410 g/mol. The molecule has 10 heteroatoms. The normalized spacial score (nSPS) is 55.9. The van der Waals surface area contributed by atoms with Gasteiger partial charge in [0.15, 0.2) is 12.1 Å². The van der Waals surface area contributed by atoms with Crippen molar-refractivity contribution in [2.75, 3.05) is 19.8 Å². The van der Waals surface area contributed by atoms with E-state index in [9.17, 15) is 0 Å². The Kier molecular flexibility index (Phi) is 2.95. The number of hydrogen-bond acceptors (Lipinski definition) is 8. The zero-order valence-electron chi connectivity index (χ0n) is 16.1. The van der Waals surface area contributed by atoms with Crippen molar-refractivity contribution in [1.29, 1.82) is 0 Å². The third-order valence-electron chi connectivity index (χ3n) is 8.53. The first-order chi connectivity index (χ1) is 14.8. The predicted molar refractivity (Wildman–Crippen MR) is 101 cm³/mol. The van der Waals surface area contributed by atoms with Gasteiger partial charge in [-0.1, -0.05) is 24.3 Å². The summed E-state index contributed by atoms with van der Waals surface area (Å²) in [6.07, 6.45) is -0.0165. The molecule has 9 saturated heterocycles. The fourth-order valence-corrected chi connectivity index (χ4v) is 7.11. The van der Waals surface area contributed by atoms with Crippen LogP contribution in [0.2, 0.25) is 0 Å². The molecule has 0 radical (unpaired) electrons. The van der Waals surface area contributed by atoms with Gasteiger partial charge < -0.3 is 37.7 Å². The molecule has 0 saturated carbocycles. The molecule has 9 heterocycles. The lowest BCUT2D eigenvalue weighted by Gasteiger charge is -2.60. The summed E-state index contributed by atoms with van der Waals surface area (Å²) in [6.45, 7) is 1.54. The minimum absolute atomic E-state index is 0.0150. The van der Waals surface area contributed by atoms with Gasteiger partial charge in [-0.2, -0.15) is 0 Å². The topological polar surface area (TPSA) is 73.8 Å². The second-order valence-electron chi connectivity index (χ2n) is 9.81. The molecule has 0 amide bonds. The van der Waals surface area contributed by atoms with E-state index >= 15 is 0 Å². The number of benzene rings is 1. The van der Waals surface area contributed by atoms with Crippen LogP contribution in [-0.2, 0) is 37.7 Å². The van der Waals surface area contributed by atoms with E-state index < -0.39 is 5.79 Å². The van der Waals surface area contributed by atoms with Gasteiger partial charge in [0, 0.05) is 5.92 Å². The van der Waals surface area contributed by atoms with Gasteiger partial charge in [0.2, 0.25) is 0 Å². The third-order valence-corrected chi connectivity index (χ3v) is 8.53. The van der Waals surface area contributed by atoms with Crippen LogP contribution in [0.15, 0.2) is 24.3 Å². The summed E-state index contributed by atoms with van der Waals surface area (Å²) in [6, 6.07) is 8.70. The van der Waals surface area contributed by atoms with Crippen molar-refractivity contribution in [3.8, 4) is 0 Å². The van der Waals surface area contributed by atoms with Crippen LogP contribution >= 0.6 is 0 Å². The molecule has 154 valence electrons. The van der Waals surface area contributed by atoms with Crippen LogP contribution in [0.4, 0.5) is 0 Å². The smallest absolute Gasteiger partial charge is 0.357 e. The highest BCUT2D eigenvalue weighted by atomic mass is 16.8. The first kappa shape index (κ1) is 16.6. The Morgan fingerprint density at radius 2 is 1.60 bits per heavy atom. The van der Waals surface area contributed by atoms with Crippen LogP contribution in [0.1, 0.15) is 0 Å². The fraction of sp³-hybridized carbons (Fsp3) is 0.700. The highest BCUT2D eigenvalue weighted by Crippen LogP contribution is 2.55. The lowest BCUT2D eigenvalue weighted by atomic mass is 9.49. The Balaban J connectivity index is 0.984. The fourth-order valence-electron chi connectivity index (χ4n) is 7.11. The molecule has 1 aromatic carbocycles. The van der Waals surface area contributed by atoms with E-state index in [0.717, 1.165) is 10.9 Å². The number of rotatable bonds is 2. The summed E-state index contributed by atoms with van der Waals surface area (Å²) < 4.78 is 48.5. The molecule has 0 N–H and O–H groups in total. The van der Waals surface area contributed by atoms with E-state index in [2.05, 4.69) is 24.3 Å². The van der Waals surface area contributed by atoms with Crippen molar-refractivity contribution in [1.82, 2.24) is 0 Å². The van der Waals surface area contributed by atoms with Crippen LogP contribution < -0.4 is 10.9 Å². The third kappa shape index (κ3) is 1.79. The monoisotopic (exact) mass is 410 g/mol. The van der Waals surface area contributed by atoms with E-state index in [0.29, 0.717) is 25.7 Å². The Labute approximate surface area is 173 Å². The molecule has 9 aliphatic rings. The van der Waals surface area contributed by atoms with Crippen molar-refractivity contribution >= 4 is 24.8 Å². The molecular formula is C20H20B2O8. The van der Waals surface area contributed by atoms with Crippen LogP contribution in [0, 0.1) is 11.8 Å². The lowest BCUT2D eigenvalue weighted by molar-refractivity contribution is -0.446. The molecule has 8 nitrogen and oxygen atoms in total. The molecule has 4 bridgehead atoms.